The van der Waals surface area contributed by atoms with E-state index in [1.165, 1.54) is 32.1 Å². The van der Waals surface area contributed by atoms with Crippen molar-refractivity contribution in [2.45, 2.75) is 58.3 Å². The van der Waals surface area contributed by atoms with Gasteiger partial charge in [-0.05, 0) is 6.42 Å². The van der Waals surface area contributed by atoms with Gasteiger partial charge in [0.05, 0.1) is 5.75 Å². The fourth-order valence-electron chi connectivity index (χ4n) is 1.42. The summed E-state index contributed by atoms with van der Waals surface area (Å²) < 4.78 is 29.2. The standard InChI is InChI=1S/C10H22O3S.Se/c1-2-3-4-5-6-7-8-9-10-14(11,12)13;/h2-10H2,1H3,(H,11,12,13);. The van der Waals surface area contributed by atoms with E-state index in [0.29, 0.717) is 6.42 Å². The van der Waals surface area contributed by atoms with E-state index in [0.717, 1.165) is 12.8 Å². The van der Waals surface area contributed by atoms with Gasteiger partial charge in [-0.25, -0.2) is 0 Å². The van der Waals surface area contributed by atoms with Gasteiger partial charge in [0.15, 0.2) is 0 Å². The fraction of sp³-hybridized carbons (Fsp3) is 1.00. The van der Waals surface area contributed by atoms with Gasteiger partial charge < -0.3 is 0 Å². The number of unbranched alkanes of at least 4 members (excludes halogenated alkanes) is 7. The maximum atomic E-state index is 10.4. The van der Waals surface area contributed by atoms with Crippen LogP contribution < -0.4 is 0 Å². The molecule has 0 fully saturated rings. The van der Waals surface area contributed by atoms with Gasteiger partial charge in [0, 0.05) is 17.1 Å². The molecule has 0 aliphatic heterocycles. The second-order valence-electron chi connectivity index (χ2n) is 3.76. The van der Waals surface area contributed by atoms with Crippen LogP contribution in [0.25, 0.3) is 0 Å². The minimum atomic E-state index is -3.73. The molecular weight excluding hydrogens is 279 g/mol. The smallest absolute Gasteiger partial charge is 0.264 e. The van der Waals surface area contributed by atoms with Gasteiger partial charge in [0.25, 0.3) is 10.1 Å². The first-order valence-corrected chi connectivity index (χ1v) is 7.12. The van der Waals surface area contributed by atoms with E-state index < -0.39 is 10.1 Å². The van der Waals surface area contributed by atoms with Crippen molar-refractivity contribution in [2.24, 2.45) is 0 Å². The second-order valence-corrected chi connectivity index (χ2v) is 5.33. The number of rotatable bonds is 9. The van der Waals surface area contributed by atoms with Crippen molar-refractivity contribution < 1.29 is 13.0 Å². The molecule has 0 saturated carbocycles. The summed E-state index contributed by atoms with van der Waals surface area (Å²) in [5, 5.41) is 0. The minimum Gasteiger partial charge on any atom is -0.286 e. The SMILES string of the molecule is CCCCCCCCCCS(=O)(=O)O.[Se]. The molecule has 0 amide bonds. The minimum absolute atomic E-state index is 0. The van der Waals surface area contributed by atoms with E-state index in [2.05, 4.69) is 6.92 Å². The summed E-state index contributed by atoms with van der Waals surface area (Å²) in [6.45, 7) is 2.19. The van der Waals surface area contributed by atoms with Gasteiger partial charge in [0.1, 0.15) is 0 Å². The average molecular weight is 301 g/mol. The van der Waals surface area contributed by atoms with Crippen LogP contribution in [0.1, 0.15) is 58.3 Å². The third-order valence-corrected chi connectivity index (χ3v) is 3.06. The molecule has 0 saturated heterocycles. The van der Waals surface area contributed by atoms with Crippen molar-refractivity contribution in [1.82, 2.24) is 0 Å². The maximum Gasteiger partial charge on any atom is 0.264 e. The summed E-state index contributed by atoms with van der Waals surface area (Å²) in [5.41, 5.74) is 0. The molecule has 3 nitrogen and oxygen atoms in total. The Morgan fingerprint density at radius 3 is 1.67 bits per heavy atom. The topological polar surface area (TPSA) is 54.4 Å². The third kappa shape index (κ3) is 17.1. The van der Waals surface area contributed by atoms with Gasteiger partial charge >= 0.3 is 0 Å². The van der Waals surface area contributed by atoms with Gasteiger partial charge in [-0.2, -0.15) is 8.42 Å². The summed E-state index contributed by atoms with van der Waals surface area (Å²) >= 11 is 0. The monoisotopic (exact) mass is 302 g/mol. The largest absolute Gasteiger partial charge is 0.286 e. The van der Waals surface area contributed by atoms with Crippen molar-refractivity contribution in [3.63, 3.8) is 0 Å². The van der Waals surface area contributed by atoms with Crippen LogP contribution in [0.15, 0.2) is 0 Å². The molecule has 0 bridgehead atoms. The molecule has 0 unspecified atom stereocenters. The van der Waals surface area contributed by atoms with Crippen molar-refractivity contribution in [3.05, 3.63) is 0 Å². The van der Waals surface area contributed by atoms with Crippen LogP contribution in [-0.2, 0) is 10.1 Å². The Bertz CT molecular complexity index is 215. The molecule has 15 heavy (non-hydrogen) atoms. The van der Waals surface area contributed by atoms with Gasteiger partial charge in [-0.3, -0.25) is 4.55 Å². The fourth-order valence-corrected chi connectivity index (χ4v) is 1.99. The van der Waals surface area contributed by atoms with Gasteiger partial charge in [-0.1, -0.05) is 51.9 Å². The summed E-state index contributed by atoms with van der Waals surface area (Å²) in [6.07, 6.45) is 8.85. The van der Waals surface area contributed by atoms with Crippen molar-refractivity contribution in [3.8, 4) is 0 Å². The third-order valence-electron chi connectivity index (χ3n) is 2.26. The molecular formula is C10H22O3SSe. The first-order chi connectivity index (χ1) is 6.56. The Morgan fingerprint density at radius 2 is 1.27 bits per heavy atom. The van der Waals surface area contributed by atoms with E-state index in [4.69, 9.17) is 4.55 Å². The summed E-state index contributed by atoms with van der Waals surface area (Å²) in [7, 11) is -3.73. The molecule has 0 aromatic rings. The maximum absolute atomic E-state index is 10.4. The van der Waals surface area contributed by atoms with Crippen molar-refractivity contribution in [2.75, 3.05) is 5.75 Å². The Morgan fingerprint density at radius 1 is 0.867 bits per heavy atom. The van der Waals surface area contributed by atoms with Crippen LogP contribution >= 0.6 is 0 Å². The van der Waals surface area contributed by atoms with Crippen LogP contribution in [0.3, 0.4) is 0 Å². The Labute approximate surface area is 104 Å². The van der Waals surface area contributed by atoms with E-state index >= 15 is 0 Å². The number of hydrogen-bond acceptors (Lipinski definition) is 2. The van der Waals surface area contributed by atoms with E-state index in [1.54, 1.807) is 0 Å². The summed E-state index contributed by atoms with van der Waals surface area (Å²) in [6, 6.07) is 0. The molecule has 0 aromatic carbocycles. The zero-order valence-corrected chi connectivity index (χ0v) is 12.0. The quantitative estimate of drug-likeness (QED) is 0.405. The average Bonchev–Trinajstić information content (AvgIpc) is 2.08. The van der Waals surface area contributed by atoms with Crippen LogP contribution in [0.4, 0.5) is 0 Å². The normalized spacial score (nSPS) is 11.1. The molecule has 2 radical (unpaired) electrons. The number of hydrogen-bond donors (Lipinski definition) is 1. The molecule has 0 aliphatic carbocycles. The van der Waals surface area contributed by atoms with Crippen LogP contribution in [0, 0.1) is 0 Å². The first-order valence-electron chi connectivity index (χ1n) is 5.51. The predicted octanol–water partition coefficient (Wildman–Crippen LogP) is 2.63. The second kappa shape index (κ2) is 10.9. The Balaban J connectivity index is 0. The van der Waals surface area contributed by atoms with Crippen molar-refractivity contribution in [1.29, 1.82) is 0 Å². The zero-order valence-electron chi connectivity index (χ0n) is 9.44. The molecule has 0 atom stereocenters. The molecule has 92 valence electrons. The van der Waals surface area contributed by atoms with Crippen LogP contribution in [0.5, 0.6) is 0 Å². The molecule has 0 aromatic heterocycles. The molecule has 0 aliphatic rings. The summed E-state index contributed by atoms with van der Waals surface area (Å²) in [4.78, 5) is 0. The molecule has 0 heterocycles. The van der Waals surface area contributed by atoms with Gasteiger partial charge in [0.2, 0.25) is 0 Å². The van der Waals surface area contributed by atoms with E-state index in [1.807, 2.05) is 0 Å². The molecule has 0 rings (SSSR count). The molecule has 5 heteroatoms. The first kappa shape index (κ1) is 17.8. The molecule has 0 spiro atoms. The van der Waals surface area contributed by atoms with Gasteiger partial charge in [-0.15, -0.1) is 0 Å². The Kier molecular flexibility index (Phi) is 13.0. The van der Waals surface area contributed by atoms with E-state index in [-0.39, 0.29) is 22.8 Å². The predicted molar refractivity (Wildman–Crippen MR) is 64.8 cm³/mol. The van der Waals surface area contributed by atoms with E-state index in [9.17, 15) is 8.42 Å². The van der Waals surface area contributed by atoms with Crippen LogP contribution in [-0.4, -0.2) is 35.8 Å². The molecule has 1 N–H and O–H groups in total. The zero-order chi connectivity index (χ0) is 10.9. The summed E-state index contributed by atoms with van der Waals surface area (Å²) in [5.74, 6) is -0.0814. The Hall–Kier alpha value is 0.429. The van der Waals surface area contributed by atoms with Crippen molar-refractivity contribution >= 4 is 27.2 Å². The van der Waals surface area contributed by atoms with Crippen LogP contribution in [0.2, 0.25) is 0 Å².